The van der Waals surface area contributed by atoms with Crippen molar-refractivity contribution >= 4 is 11.6 Å². The molecule has 0 saturated carbocycles. The van der Waals surface area contributed by atoms with Crippen LogP contribution in [0, 0.1) is 0 Å². The molecule has 1 rings (SSSR count). The summed E-state index contributed by atoms with van der Waals surface area (Å²) in [4.78, 5) is 2.61. The van der Waals surface area contributed by atoms with Gasteiger partial charge in [-0.2, -0.15) is 0 Å². The van der Waals surface area contributed by atoms with Gasteiger partial charge in [0.15, 0.2) is 0 Å². The topological polar surface area (TPSA) is 12.5 Å². The molecule has 1 saturated heterocycles. The highest BCUT2D eigenvalue weighted by atomic mass is 35.5. The summed E-state index contributed by atoms with van der Waals surface area (Å²) in [5.41, 5.74) is 0. The molecule has 1 heterocycles. The van der Waals surface area contributed by atoms with E-state index in [9.17, 15) is 0 Å². The SMILES string of the molecule is CCC(CC)N1CCC(OCCCl)CC1. The highest BCUT2D eigenvalue weighted by molar-refractivity contribution is 6.17. The molecule has 0 aromatic carbocycles. The molecule has 0 spiro atoms. The van der Waals surface area contributed by atoms with Gasteiger partial charge in [-0.05, 0) is 25.7 Å². The fourth-order valence-corrected chi connectivity index (χ4v) is 2.51. The van der Waals surface area contributed by atoms with Gasteiger partial charge in [-0.1, -0.05) is 13.8 Å². The van der Waals surface area contributed by atoms with Gasteiger partial charge in [0, 0.05) is 25.0 Å². The van der Waals surface area contributed by atoms with Crippen LogP contribution in [0.4, 0.5) is 0 Å². The molecule has 0 unspecified atom stereocenters. The van der Waals surface area contributed by atoms with E-state index in [0.29, 0.717) is 18.6 Å². The molecule has 15 heavy (non-hydrogen) atoms. The molecule has 0 aromatic heterocycles. The summed E-state index contributed by atoms with van der Waals surface area (Å²) >= 11 is 5.61. The van der Waals surface area contributed by atoms with Crippen molar-refractivity contribution in [3.8, 4) is 0 Å². The average Bonchev–Trinajstić information content (AvgIpc) is 2.29. The van der Waals surface area contributed by atoms with Crippen LogP contribution in [0.15, 0.2) is 0 Å². The summed E-state index contributed by atoms with van der Waals surface area (Å²) in [5.74, 6) is 0.618. The third-order valence-electron chi connectivity index (χ3n) is 3.37. The van der Waals surface area contributed by atoms with E-state index in [1.165, 1.54) is 38.8 Å². The van der Waals surface area contributed by atoms with Gasteiger partial charge in [0.05, 0.1) is 12.7 Å². The number of likely N-dealkylation sites (tertiary alicyclic amines) is 1. The van der Waals surface area contributed by atoms with Crippen LogP contribution in [0.2, 0.25) is 0 Å². The van der Waals surface area contributed by atoms with E-state index in [0.717, 1.165) is 6.04 Å². The summed E-state index contributed by atoms with van der Waals surface area (Å²) in [6.07, 6.45) is 5.34. The molecule has 90 valence electrons. The fraction of sp³-hybridized carbons (Fsp3) is 1.00. The van der Waals surface area contributed by atoms with Gasteiger partial charge < -0.3 is 9.64 Å². The van der Waals surface area contributed by atoms with E-state index < -0.39 is 0 Å². The van der Waals surface area contributed by atoms with Crippen LogP contribution in [0.25, 0.3) is 0 Å². The predicted molar refractivity (Wildman–Crippen MR) is 65.6 cm³/mol. The molecule has 1 aliphatic heterocycles. The van der Waals surface area contributed by atoms with Crippen LogP contribution in [0.3, 0.4) is 0 Å². The number of piperidine rings is 1. The number of nitrogens with zero attached hydrogens (tertiary/aromatic N) is 1. The van der Waals surface area contributed by atoms with Gasteiger partial charge in [0.1, 0.15) is 0 Å². The van der Waals surface area contributed by atoms with Gasteiger partial charge in [-0.25, -0.2) is 0 Å². The molecule has 0 N–H and O–H groups in total. The minimum absolute atomic E-state index is 0.453. The number of alkyl halides is 1. The van der Waals surface area contributed by atoms with Gasteiger partial charge in [0.25, 0.3) is 0 Å². The van der Waals surface area contributed by atoms with E-state index in [-0.39, 0.29) is 0 Å². The van der Waals surface area contributed by atoms with E-state index >= 15 is 0 Å². The quantitative estimate of drug-likeness (QED) is 0.655. The molecule has 0 bridgehead atoms. The lowest BCUT2D eigenvalue weighted by molar-refractivity contribution is 0.00391. The van der Waals surface area contributed by atoms with Crippen LogP contribution in [-0.2, 0) is 4.74 Å². The molecule has 1 aliphatic rings. The van der Waals surface area contributed by atoms with Crippen molar-refractivity contribution in [2.24, 2.45) is 0 Å². The maximum absolute atomic E-state index is 5.67. The Labute approximate surface area is 98.9 Å². The third kappa shape index (κ3) is 4.29. The number of ether oxygens (including phenoxy) is 1. The second-order valence-corrected chi connectivity index (χ2v) is 4.64. The molecule has 1 fully saturated rings. The summed E-state index contributed by atoms with van der Waals surface area (Å²) < 4.78 is 5.67. The van der Waals surface area contributed by atoms with Crippen LogP contribution < -0.4 is 0 Å². The lowest BCUT2D eigenvalue weighted by atomic mass is 10.0. The lowest BCUT2D eigenvalue weighted by Gasteiger charge is -2.36. The Hall–Kier alpha value is 0.210. The monoisotopic (exact) mass is 233 g/mol. The van der Waals surface area contributed by atoms with Crippen molar-refractivity contribution in [2.45, 2.75) is 51.7 Å². The van der Waals surface area contributed by atoms with Gasteiger partial charge in [-0.15, -0.1) is 11.6 Å². The Bertz CT molecular complexity index is 154. The highest BCUT2D eigenvalue weighted by Crippen LogP contribution is 2.18. The lowest BCUT2D eigenvalue weighted by Crippen LogP contribution is -2.43. The molecule has 0 aliphatic carbocycles. The molecule has 3 heteroatoms. The van der Waals surface area contributed by atoms with Gasteiger partial charge in [0.2, 0.25) is 0 Å². The van der Waals surface area contributed by atoms with Crippen LogP contribution in [-0.4, -0.2) is 42.6 Å². The second-order valence-electron chi connectivity index (χ2n) is 4.27. The minimum atomic E-state index is 0.453. The first-order valence-electron chi connectivity index (χ1n) is 6.23. The molecular formula is C12H24ClNO. The Kier molecular flexibility index (Phi) is 6.62. The summed E-state index contributed by atoms with van der Waals surface area (Å²) in [6.45, 7) is 7.66. The summed E-state index contributed by atoms with van der Waals surface area (Å²) in [7, 11) is 0. The minimum Gasteiger partial charge on any atom is -0.377 e. The number of rotatable bonds is 6. The van der Waals surface area contributed by atoms with E-state index in [2.05, 4.69) is 18.7 Å². The summed E-state index contributed by atoms with van der Waals surface area (Å²) in [5, 5.41) is 0. The van der Waals surface area contributed by atoms with Crippen LogP contribution in [0.5, 0.6) is 0 Å². The second kappa shape index (κ2) is 7.48. The van der Waals surface area contributed by atoms with Crippen molar-refractivity contribution in [3.05, 3.63) is 0 Å². The molecule has 0 atom stereocenters. The van der Waals surface area contributed by atoms with Gasteiger partial charge >= 0.3 is 0 Å². The molecule has 2 nitrogen and oxygen atoms in total. The summed E-state index contributed by atoms with van der Waals surface area (Å²) in [6, 6.07) is 0.777. The fourth-order valence-electron chi connectivity index (χ4n) is 2.42. The van der Waals surface area contributed by atoms with E-state index in [4.69, 9.17) is 16.3 Å². The van der Waals surface area contributed by atoms with Gasteiger partial charge in [-0.3, -0.25) is 0 Å². The van der Waals surface area contributed by atoms with Crippen molar-refractivity contribution < 1.29 is 4.74 Å². The first kappa shape index (κ1) is 13.3. The Morgan fingerprint density at radius 3 is 2.33 bits per heavy atom. The van der Waals surface area contributed by atoms with E-state index in [1.54, 1.807) is 0 Å². The maximum Gasteiger partial charge on any atom is 0.0605 e. The Balaban J connectivity index is 2.22. The molecule has 0 aromatic rings. The van der Waals surface area contributed by atoms with Crippen molar-refractivity contribution in [2.75, 3.05) is 25.6 Å². The van der Waals surface area contributed by atoms with Crippen LogP contribution >= 0.6 is 11.6 Å². The Morgan fingerprint density at radius 1 is 1.27 bits per heavy atom. The molecule has 0 amide bonds. The zero-order chi connectivity index (χ0) is 11.1. The number of hydrogen-bond donors (Lipinski definition) is 0. The van der Waals surface area contributed by atoms with Crippen molar-refractivity contribution in [3.63, 3.8) is 0 Å². The van der Waals surface area contributed by atoms with Crippen molar-refractivity contribution in [1.29, 1.82) is 0 Å². The molecule has 0 radical (unpaired) electrons. The smallest absolute Gasteiger partial charge is 0.0605 e. The van der Waals surface area contributed by atoms with Crippen LogP contribution in [0.1, 0.15) is 39.5 Å². The maximum atomic E-state index is 5.67. The standard InChI is InChI=1S/C12H24ClNO/c1-3-11(4-2)14-8-5-12(6-9-14)15-10-7-13/h11-12H,3-10H2,1-2H3. The first-order valence-corrected chi connectivity index (χ1v) is 6.76. The largest absolute Gasteiger partial charge is 0.377 e. The normalized spacial score (nSPS) is 20.0. The predicted octanol–water partition coefficient (Wildman–Crippen LogP) is 2.89. The first-order chi connectivity index (χ1) is 7.31. The number of hydrogen-bond acceptors (Lipinski definition) is 2. The zero-order valence-corrected chi connectivity index (χ0v) is 10.8. The molecular weight excluding hydrogens is 210 g/mol. The Morgan fingerprint density at radius 2 is 1.87 bits per heavy atom. The third-order valence-corrected chi connectivity index (χ3v) is 3.52. The van der Waals surface area contributed by atoms with Crippen molar-refractivity contribution in [1.82, 2.24) is 4.90 Å². The number of halogens is 1. The average molecular weight is 234 g/mol. The zero-order valence-electron chi connectivity index (χ0n) is 10.0. The van der Waals surface area contributed by atoms with E-state index in [1.807, 2.05) is 0 Å². The highest BCUT2D eigenvalue weighted by Gasteiger charge is 2.23.